The van der Waals surface area contributed by atoms with Gasteiger partial charge in [-0.15, -0.1) is 0 Å². The molecule has 0 bridgehead atoms. The first-order valence-corrected chi connectivity index (χ1v) is 10.5. The molecule has 2 aromatic carbocycles. The molecule has 4 rings (SSSR count). The van der Waals surface area contributed by atoms with Crippen molar-refractivity contribution in [1.29, 1.82) is 0 Å². The number of carbonyl (C=O) groups excluding carboxylic acids is 2. The van der Waals surface area contributed by atoms with Gasteiger partial charge in [-0.25, -0.2) is 5.01 Å². The van der Waals surface area contributed by atoms with Crippen molar-refractivity contribution in [3.63, 3.8) is 0 Å². The van der Waals surface area contributed by atoms with E-state index >= 15 is 0 Å². The van der Waals surface area contributed by atoms with E-state index in [4.69, 9.17) is 0 Å². The third-order valence-corrected chi connectivity index (χ3v) is 5.74. The topological polar surface area (TPSA) is 56.2 Å². The Hall–Kier alpha value is -2.99. The van der Waals surface area contributed by atoms with E-state index in [1.54, 1.807) is 0 Å². The SMILES string of the molecule is Cc1ccc(CN2CCN(C(=O)C3=NN(c4ccc(C)cc4)C(=O)CC3)CC2)cc1. The summed E-state index contributed by atoms with van der Waals surface area (Å²) in [5.41, 5.74) is 4.86. The molecule has 0 unspecified atom stereocenters. The monoisotopic (exact) mass is 404 g/mol. The lowest BCUT2D eigenvalue weighted by Crippen LogP contribution is -2.51. The highest BCUT2D eigenvalue weighted by atomic mass is 16.2. The minimum absolute atomic E-state index is 0.0467. The van der Waals surface area contributed by atoms with E-state index in [9.17, 15) is 9.59 Å². The fourth-order valence-electron chi connectivity index (χ4n) is 3.84. The number of rotatable bonds is 4. The van der Waals surface area contributed by atoms with E-state index < -0.39 is 0 Å². The van der Waals surface area contributed by atoms with E-state index in [-0.39, 0.29) is 11.8 Å². The summed E-state index contributed by atoms with van der Waals surface area (Å²) in [6, 6.07) is 16.2. The van der Waals surface area contributed by atoms with Crippen molar-refractivity contribution in [3.8, 4) is 0 Å². The first-order valence-electron chi connectivity index (χ1n) is 10.5. The standard InChI is InChI=1S/C24H28N4O2/c1-18-3-7-20(8-4-18)17-26-13-15-27(16-14-26)24(30)22-11-12-23(29)28(25-22)21-9-5-19(2)6-10-21/h3-10H,11-17H2,1-2H3. The normalized spacial score (nSPS) is 17.8. The zero-order valence-electron chi connectivity index (χ0n) is 17.7. The van der Waals surface area contributed by atoms with Crippen LogP contribution in [0.25, 0.3) is 0 Å². The second-order valence-electron chi connectivity index (χ2n) is 8.14. The molecule has 0 atom stereocenters. The van der Waals surface area contributed by atoms with Crippen LogP contribution in [0, 0.1) is 13.8 Å². The summed E-state index contributed by atoms with van der Waals surface area (Å²) >= 11 is 0. The molecule has 2 amide bonds. The Morgan fingerprint density at radius 3 is 2.10 bits per heavy atom. The molecular weight excluding hydrogens is 376 g/mol. The fraction of sp³-hybridized carbons (Fsp3) is 0.375. The maximum absolute atomic E-state index is 13.0. The van der Waals surface area contributed by atoms with E-state index in [0.29, 0.717) is 37.3 Å². The van der Waals surface area contributed by atoms with Crippen LogP contribution in [0.2, 0.25) is 0 Å². The van der Waals surface area contributed by atoms with Gasteiger partial charge in [-0.3, -0.25) is 14.5 Å². The molecule has 0 spiro atoms. The van der Waals surface area contributed by atoms with Crippen LogP contribution in [-0.2, 0) is 16.1 Å². The molecular formula is C24H28N4O2. The number of benzene rings is 2. The highest BCUT2D eigenvalue weighted by molar-refractivity contribution is 6.40. The Kier molecular flexibility index (Phi) is 5.95. The van der Waals surface area contributed by atoms with Crippen LogP contribution < -0.4 is 5.01 Å². The first-order chi connectivity index (χ1) is 14.5. The Labute approximate surface area is 177 Å². The Morgan fingerprint density at radius 1 is 0.867 bits per heavy atom. The molecule has 2 aliphatic rings. The summed E-state index contributed by atoms with van der Waals surface area (Å²) in [6.07, 6.45) is 0.718. The molecule has 1 saturated heterocycles. The lowest BCUT2D eigenvalue weighted by atomic mass is 10.1. The number of nitrogens with zero attached hydrogens (tertiary/aromatic N) is 4. The van der Waals surface area contributed by atoms with Crippen LogP contribution in [0.3, 0.4) is 0 Å². The number of piperazine rings is 1. The van der Waals surface area contributed by atoms with Gasteiger partial charge in [0, 0.05) is 45.6 Å². The third-order valence-electron chi connectivity index (χ3n) is 5.74. The van der Waals surface area contributed by atoms with Gasteiger partial charge >= 0.3 is 0 Å². The van der Waals surface area contributed by atoms with Gasteiger partial charge in [0.25, 0.3) is 5.91 Å². The molecule has 1 fully saturated rings. The second kappa shape index (κ2) is 8.79. The van der Waals surface area contributed by atoms with Gasteiger partial charge in [0.05, 0.1) is 5.69 Å². The van der Waals surface area contributed by atoms with Crippen molar-refractivity contribution in [1.82, 2.24) is 9.80 Å². The number of amides is 2. The van der Waals surface area contributed by atoms with Crippen LogP contribution >= 0.6 is 0 Å². The average Bonchev–Trinajstić information content (AvgIpc) is 2.76. The van der Waals surface area contributed by atoms with Crippen molar-refractivity contribution in [2.45, 2.75) is 33.2 Å². The molecule has 2 aromatic rings. The lowest BCUT2D eigenvalue weighted by molar-refractivity contribution is -0.126. The van der Waals surface area contributed by atoms with Gasteiger partial charge in [-0.1, -0.05) is 47.5 Å². The highest BCUT2D eigenvalue weighted by Gasteiger charge is 2.30. The van der Waals surface area contributed by atoms with Gasteiger partial charge in [0.1, 0.15) is 5.71 Å². The molecule has 2 aliphatic heterocycles. The Bertz CT molecular complexity index is 942. The van der Waals surface area contributed by atoms with Crippen LogP contribution in [0.4, 0.5) is 5.69 Å². The van der Waals surface area contributed by atoms with E-state index in [2.05, 4.69) is 41.2 Å². The summed E-state index contributed by atoms with van der Waals surface area (Å²) in [5.74, 6) is -0.118. The average molecular weight is 405 g/mol. The maximum atomic E-state index is 13.0. The summed E-state index contributed by atoms with van der Waals surface area (Å²) < 4.78 is 0. The van der Waals surface area contributed by atoms with Gasteiger partial charge in [-0.05, 0) is 31.5 Å². The summed E-state index contributed by atoms with van der Waals surface area (Å²) in [5, 5.41) is 5.81. The first kappa shape index (κ1) is 20.3. The van der Waals surface area contributed by atoms with Crippen LogP contribution in [-0.4, -0.2) is 53.5 Å². The fourth-order valence-corrected chi connectivity index (χ4v) is 3.84. The summed E-state index contributed by atoms with van der Waals surface area (Å²) in [7, 11) is 0. The van der Waals surface area contributed by atoms with Crippen molar-refractivity contribution in [3.05, 3.63) is 65.2 Å². The highest BCUT2D eigenvalue weighted by Crippen LogP contribution is 2.21. The van der Waals surface area contributed by atoms with Crippen molar-refractivity contribution < 1.29 is 9.59 Å². The summed E-state index contributed by atoms with van der Waals surface area (Å²) in [4.78, 5) is 29.6. The van der Waals surface area contributed by atoms with Crippen molar-refractivity contribution in [2.24, 2.45) is 5.10 Å². The number of aryl methyl sites for hydroxylation is 2. The molecule has 0 aromatic heterocycles. The predicted molar refractivity (Wildman–Crippen MR) is 118 cm³/mol. The van der Waals surface area contributed by atoms with E-state index in [0.717, 1.165) is 25.2 Å². The van der Waals surface area contributed by atoms with Crippen molar-refractivity contribution in [2.75, 3.05) is 31.2 Å². The second-order valence-corrected chi connectivity index (χ2v) is 8.14. The number of anilines is 1. The number of hydrazone groups is 1. The molecule has 6 nitrogen and oxygen atoms in total. The Morgan fingerprint density at radius 2 is 1.47 bits per heavy atom. The molecule has 6 heteroatoms. The van der Waals surface area contributed by atoms with Crippen LogP contribution in [0.5, 0.6) is 0 Å². The van der Waals surface area contributed by atoms with Gasteiger partial charge in [-0.2, -0.15) is 5.10 Å². The largest absolute Gasteiger partial charge is 0.335 e. The number of hydrogen-bond acceptors (Lipinski definition) is 4. The smallest absolute Gasteiger partial charge is 0.270 e. The number of hydrogen-bond donors (Lipinski definition) is 0. The molecule has 0 aliphatic carbocycles. The van der Waals surface area contributed by atoms with Gasteiger partial charge in [0.2, 0.25) is 5.91 Å². The van der Waals surface area contributed by atoms with Crippen LogP contribution in [0.15, 0.2) is 53.6 Å². The van der Waals surface area contributed by atoms with Gasteiger partial charge in [0.15, 0.2) is 0 Å². The van der Waals surface area contributed by atoms with E-state index in [1.165, 1.54) is 16.1 Å². The zero-order valence-corrected chi connectivity index (χ0v) is 17.7. The molecule has 156 valence electrons. The molecule has 30 heavy (non-hydrogen) atoms. The molecule has 0 saturated carbocycles. The van der Waals surface area contributed by atoms with Crippen molar-refractivity contribution >= 4 is 23.2 Å². The number of carbonyl (C=O) groups is 2. The van der Waals surface area contributed by atoms with E-state index in [1.807, 2.05) is 36.1 Å². The summed E-state index contributed by atoms with van der Waals surface area (Å²) in [6.45, 7) is 8.04. The minimum Gasteiger partial charge on any atom is -0.335 e. The third kappa shape index (κ3) is 4.60. The van der Waals surface area contributed by atoms with Gasteiger partial charge < -0.3 is 4.90 Å². The zero-order chi connectivity index (χ0) is 21.1. The lowest BCUT2D eigenvalue weighted by Gasteiger charge is -2.35. The molecule has 0 N–H and O–H groups in total. The quantitative estimate of drug-likeness (QED) is 0.787. The van der Waals surface area contributed by atoms with Crippen LogP contribution in [0.1, 0.15) is 29.5 Å². The molecule has 2 heterocycles. The molecule has 0 radical (unpaired) electrons. The minimum atomic E-state index is -0.0710. The maximum Gasteiger partial charge on any atom is 0.270 e. The predicted octanol–water partition coefficient (Wildman–Crippen LogP) is 3.13. The Balaban J connectivity index is 1.38.